The highest BCUT2D eigenvalue weighted by Crippen LogP contribution is 2.36. The van der Waals surface area contributed by atoms with Gasteiger partial charge in [-0.15, -0.1) is 0 Å². The smallest absolute Gasteiger partial charge is 0.293 e. The van der Waals surface area contributed by atoms with Gasteiger partial charge in [0.2, 0.25) is 0 Å². The minimum absolute atomic E-state index is 0.194. The third-order valence-electron chi connectivity index (χ3n) is 5.88. The third kappa shape index (κ3) is 4.33. The van der Waals surface area contributed by atoms with Crippen LogP contribution in [0.4, 0.5) is 4.79 Å². The number of carbonyl (C=O) groups excluding carboxylic acids is 2. The standard InChI is InChI=1S/C23H25IN2O2S/c1-15-12-18(16(2)26(15)20-6-4-3-5-7-20)13-21-22(27)25(23(28)29-21)14-17-8-10-19(24)11-9-17/h8-13,20H,3-7,14H2,1-2H3/b21-13-. The van der Waals surface area contributed by atoms with Crippen molar-refractivity contribution in [3.05, 3.63) is 61.3 Å². The Kier molecular flexibility index (Phi) is 6.20. The molecule has 0 radical (unpaired) electrons. The van der Waals surface area contributed by atoms with Gasteiger partial charge in [0.15, 0.2) is 0 Å². The van der Waals surface area contributed by atoms with Crippen LogP contribution in [0.3, 0.4) is 0 Å². The summed E-state index contributed by atoms with van der Waals surface area (Å²) in [5.74, 6) is -0.194. The molecule has 2 aliphatic rings. The number of aromatic nitrogens is 1. The summed E-state index contributed by atoms with van der Waals surface area (Å²) in [6.07, 6.45) is 8.25. The van der Waals surface area contributed by atoms with Gasteiger partial charge in [-0.25, -0.2) is 0 Å². The maximum atomic E-state index is 12.9. The van der Waals surface area contributed by atoms with E-state index in [0.29, 0.717) is 17.5 Å². The molecule has 0 atom stereocenters. The van der Waals surface area contributed by atoms with Crippen LogP contribution in [-0.4, -0.2) is 20.6 Å². The van der Waals surface area contributed by atoms with Crippen LogP contribution in [0.2, 0.25) is 0 Å². The lowest BCUT2D eigenvalue weighted by Crippen LogP contribution is -2.27. The van der Waals surface area contributed by atoms with Crippen molar-refractivity contribution in [2.24, 2.45) is 0 Å². The molecule has 1 aromatic heterocycles. The second-order valence-electron chi connectivity index (χ2n) is 7.88. The Morgan fingerprint density at radius 2 is 1.79 bits per heavy atom. The summed E-state index contributed by atoms with van der Waals surface area (Å²) in [4.78, 5) is 27.2. The maximum absolute atomic E-state index is 12.9. The number of hydrogen-bond donors (Lipinski definition) is 0. The van der Waals surface area contributed by atoms with Crippen LogP contribution < -0.4 is 0 Å². The molecule has 2 heterocycles. The number of rotatable bonds is 4. The Hall–Kier alpha value is -1.54. The first-order valence-electron chi connectivity index (χ1n) is 10.1. The van der Waals surface area contributed by atoms with Crippen molar-refractivity contribution in [1.82, 2.24) is 9.47 Å². The zero-order valence-electron chi connectivity index (χ0n) is 16.8. The van der Waals surface area contributed by atoms with Gasteiger partial charge in [0.1, 0.15) is 0 Å². The number of benzene rings is 1. The average Bonchev–Trinajstić information content (AvgIpc) is 3.14. The van der Waals surface area contributed by atoms with Gasteiger partial charge >= 0.3 is 0 Å². The molecule has 4 nitrogen and oxygen atoms in total. The average molecular weight is 520 g/mol. The first-order chi connectivity index (χ1) is 13.9. The van der Waals surface area contributed by atoms with E-state index in [-0.39, 0.29) is 11.1 Å². The fourth-order valence-electron chi connectivity index (χ4n) is 4.40. The monoisotopic (exact) mass is 520 g/mol. The lowest BCUT2D eigenvalue weighted by molar-refractivity contribution is -0.123. The van der Waals surface area contributed by atoms with Crippen LogP contribution in [0.15, 0.2) is 35.2 Å². The highest BCUT2D eigenvalue weighted by Gasteiger charge is 2.35. The first kappa shape index (κ1) is 20.7. The molecule has 2 fully saturated rings. The number of carbonyl (C=O) groups is 2. The zero-order valence-corrected chi connectivity index (χ0v) is 19.8. The fraction of sp³-hybridized carbons (Fsp3) is 0.391. The Labute approximate surface area is 189 Å². The van der Waals surface area contributed by atoms with Gasteiger partial charge in [0.05, 0.1) is 11.4 Å². The van der Waals surface area contributed by atoms with Gasteiger partial charge in [-0.3, -0.25) is 14.5 Å². The number of halogens is 1. The van der Waals surface area contributed by atoms with Crippen molar-refractivity contribution in [1.29, 1.82) is 0 Å². The molecule has 1 aromatic carbocycles. The summed E-state index contributed by atoms with van der Waals surface area (Å²) in [5, 5.41) is -0.194. The fourth-order valence-corrected chi connectivity index (χ4v) is 5.59. The lowest BCUT2D eigenvalue weighted by Gasteiger charge is -2.26. The topological polar surface area (TPSA) is 42.3 Å². The maximum Gasteiger partial charge on any atom is 0.293 e. The van der Waals surface area contributed by atoms with Gasteiger partial charge in [-0.1, -0.05) is 31.4 Å². The summed E-state index contributed by atoms with van der Waals surface area (Å²) < 4.78 is 3.56. The molecule has 1 saturated carbocycles. The Bertz CT molecular complexity index is 972. The van der Waals surface area contributed by atoms with Crippen molar-refractivity contribution >= 4 is 51.6 Å². The second-order valence-corrected chi connectivity index (χ2v) is 10.1. The number of amides is 2. The number of aryl methyl sites for hydroxylation is 1. The van der Waals surface area contributed by atoms with E-state index in [4.69, 9.17) is 0 Å². The quantitative estimate of drug-likeness (QED) is 0.344. The molecule has 6 heteroatoms. The molecule has 152 valence electrons. The predicted molar refractivity (Wildman–Crippen MR) is 127 cm³/mol. The van der Waals surface area contributed by atoms with Crippen LogP contribution in [0.5, 0.6) is 0 Å². The number of thioether (sulfide) groups is 1. The van der Waals surface area contributed by atoms with Crippen LogP contribution in [0.25, 0.3) is 6.08 Å². The number of nitrogens with zero attached hydrogens (tertiary/aromatic N) is 2. The summed E-state index contributed by atoms with van der Waals surface area (Å²) in [6, 6.07) is 10.6. The zero-order chi connectivity index (χ0) is 20.5. The number of imide groups is 1. The van der Waals surface area contributed by atoms with Gasteiger partial charge in [0.25, 0.3) is 11.1 Å². The molecule has 1 aliphatic carbocycles. The highest BCUT2D eigenvalue weighted by atomic mass is 127. The molecule has 1 saturated heterocycles. The van der Waals surface area contributed by atoms with Gasteiger partial charge in [-0.2, -0.15) is 0 Å². The number of hydrogen-bond acceptors (Lipinski definition) is 3. The van der Waals surface area contributed by atoms with Gasteiger partial charge in [-0.05, 0) is 96.4 Å². The van der Waals surface area contributed by atoms with Crippen molar-refractivity contribution < 1.29 is 9.59 Å². The van der Waals surface area contributed by atoms with E-state index < -0.39 is 0 Å². The summed E-state index contributed by atoms with van der Waals surface area (Å²) in [6.45, 7) is 4.59. The Morgan fingerprint density at radius 1 is 1.10 bits per heavy atom. The van der Waals surface area contributed by atoms with Gasteiger partial charge in [0, 0.05) is 21.0 Å². The van der Waals surface area contributed by atoms with Gasteiger partial charge < -0.3 is 4.57 Å². The van der Waals surface area contributed by atoms with E-state index >= 15 is 0 Å². The van der Waals surface area contributed by atoms with Crippen molar-refractivity contribution in [3.8, 4) is 0 Å². The van der Waals surface area contributed by atoms with Crippen LogP contribution in [0, 0.1) is 17.4 Å². The molecular formula is C23H25IN2O2S. The largest absolute Gasteiger partial charge is 0.346 e. The SMILES string of the molecule is Cc1cc(/C=C2\SC(=O)N(Cc3ccc(I)cc3)C2=O)c(C)n1C1CCCCC1. The van der Waals surface area contributed by atoms with Crippen molar-refractivity contribution in [2.75, 3.05) is 0 Å². The van der Waals surface area contributed by atoms with E-state index in [9.17, 15) is 9.59 Å². The lowest BCUT2D eigenvalue weighted by atomic mass is 9.95. The van der Waals surface area contributed by atoms with E-state index in [1.807, 2.05) is 30.3 Å². The summed E-state index contributed by atoms with van der Waals surface area (Å²) in [7, 11) is 0. The third-order valence-corrected chi connectivity index (χ3v) is 7.50. The normalized spacial score (nSPS) is 19.6. The van der Waals surface area contributed by atoms with Crippen LogP contribution >= 0.6 is 34.4 Å². The van der Waals surface area contributed by atoms with Crippen LogP contribution in [0.1, 0.15) is 60.7 Å². The van der Waals surface area contributed by atoms with Crippen LogP contribution in [-0.2, 0) is 11.3 Å². The van der Waals surface area contributed by atoms with E-state index in [0.717, 1.165) is 26.5 Å². The molecule has 4 rings (SSSR count). The Balaban J connectivity index is 1.56. The first-order valence-corrected chi connectivity index (χ1v) is 12.0. The van der Waals surface area contributed by atoms with Crippen molar-refractivity contribution in [3.63, 3.8) is 0 Å². The molecule has 0 N–H and O–H groups in total. The van der Waals surface area contributed by atoms with Crippen molar-refractivity contribution in [2.45, 2.75) is 58.5 Å². The molecule has 0 bridgehead atoms. The van der Waals surface area contributed by atoms with E-state index in [1.54, 1.807) is 0 Å². The molecule has 2 amide bonds. The molecule has 0 spiro atoms. The predicted octanol–water partition coefficient (Wildman–Crippen LogP) is 6.45. The molecule has 1 aliphatic heterocycles. The minimum atomic E-state index is -0.194. The minimum Gasteiger partial charge on any atom is -0.346 e. The van der Waals surface area contributed by atoms with E-state index in [2.05, 4.69) is 47.1 Å². The summed E-state index contributed by atoms with van der Waals surface area (Å²) >= 11 is 3.29. The summed E-state index contributed by atoms with van der Waals surface area (Å²) in [5.41, 5.74) is 4.44. The molecule has 29 heavy (non-hydrogen) atoms. The van der Waals surface area contributed by atoms with E-state index in [1.165, 1.54) is 48.4 Å². The molecule has 0 unspecified atom stereocenters. The molecule has 2 aromatic rings. The molecular weight excluding hydrogens is 495 g/mol. The highest BCUT2D eigenvalue weighted by molar-refractivity contribution is 14.1. The Morgan fingerprint density at radius 3 is 2.48 bits per heavy atom. The second kappa shape index (κ2) is 8.68.